The Balaban J connectivity index is 1.78. The summed E-state index contributed by atoms with van der Waals surface area (Å²) in [6.07, 6.45) is -2.95. The maximum absolute atomic E-state index is 12.6. The van der Waals surface area contributed by atoms with Gasteiger partial charge in [0.25, 0.3) is 0 Å². The third-order valence-corrected chi connectivity index (χ3v) is 3.64. The van der Waals surface area contributed by atoms with Crippen LogP contribution in [0.25, 0.3) is 11.0 Å². The number of aromatic amines is 1. The van der Waals surface area contributed by atoms with Crippen LogP contribution < -0.4 is 5.32 Å². The highest BCUT2D eigenvalue weighted by atomic mass is 19.4. The van der Waals surface area contributed by atoms with Gasteiger partial charge in [0.15, 0.2) is 5.65 Å². The monoisotopic (exact) mass is 327 g/mol. The second kappa shape index (κ2) is 5.52. The van der Waals surface area contributed by atoms with E-state index >= 15 is 0 Å². The van der Waals surface area contributed by atoms with Gasteiger partial charge in [-0.15, -0.1) is 0 Å². The molecule has 1 saturated heterocycles. The number of alkyl halides is 3. The van der Waals surface area contributed by atoms with Crippen molar-refractivity contribution in [3.63, 3.8) is 0 Å². The van der Waals surface area contributed by atoms with Crippen molar-refractivity contribution in [3.8, 4) is 0 Å². The second-order valence-corrected chi connectivity index (χ2v) is 5.12. The van der Waals surface area contributed by atoms with E-state index < -0.39 is 24.0 Å². The van der Waals surface area contributed by atoms with E-state index in [1.54, 1.807) is 12.1 Å². The Morgan fingerprint density at radius 2 is 2.17 bits per heavy atom. The molecule has 122 valence electrons. The summed E-state index contributed by atoms with van der Waals surface area (Å²) >= 11 is 0. The van der Waals surface area contributed by atoms with Crippen molar-refractivity contribution in [2.24, 2.45) is 0 Å². The molecule has 2 aromatic heterocycles. The molecule has 3 heterocycles. The predicted octanol–water partition coefficient (Wildman–Crippen LogP) is 1.45. The van der Waals surface area contributed by atoms with Gasteiger partial charge in [0.2, 0.25) is 5.91 Å². The first-order chi connectivity index (χ1) is 10.9. The van der Waals surface area contributed by atoms with Gasteiger partial charge in [-0.2, -0.15) is 18.3 Å². The highest BCUT2D eigenvalue weighted by Gasteiger charge is 2.47. The molecule has 1 unspecified atom stereocenters. The number of anilines is 1. The van der Waals surface area contributed by atoms with E-state index in [1.807, 2.05) is 0 Å². The number of rotatable bonds is 2. The molecule has 2 amide bonds. The summed E-state index contributed by atoms with van der Waals surface area (Å²) < 4.78 is 37.7. The number of pyridine rings is 1. The summed E-state index contributed by atoms with van der Waals surface area (Å²) in [5.41, 5.74) is 0.373. The van der Waals surface area contributed by atoms with Crippen LogP contribution in [0.5, 0.6) is 0 Å². The van der Waals surface area contributed by atoms with Gasteiger partial charge in [0.1, 0.15) is 11.9 Å². The summed E-state index contributed by atoms with van der Waals surface area (Å²) in [7, 11) is 0. The standard InChI is InChI=1S/C13H12F3N5O2/c14-13(15,16)12(23)21-6-2-4-8(21)11(22)18-10-7-3-1-5-17-9(7)19-20-10/h1,3,5,8H,2,4,6H2,(H2,17,18,19,20,22). The van der Waals surface area contributed by atoms with E-state index in [4.69, 9.17) is 0 Å². The Labute approximate surface area is 127 Å². The van der Waals surface area contributed by atoms with Gasteiger partial charge in [0, 0.05) is 12.7 Å². The molecule has 0 radical (unpaired) electrons. The van der Waals surface area contributed by atoms with Crippen molar-refractivity contribution in [1.82, 2.24) is 20.1 Å². The number of H-pyrrole nitrogens is 1. The number of halogens is 3. The van der Waals surface area contributed by atoms with Gasteiger partial charge >= 0.3 is 12.1 Å². The van der Waals surface area contributed by atoms with Crippen LogP contribution in [-0.2, 0) is 9.59 Å². The summed E-state index contributed by atoms with van der Waals surface area (Å²) in [5.74, 6) is -2.44. The van der Waals surface area contributed by atoms with Crippen LogP contribution in [-0.4, -0.2) is 50.7 Å². The van der Waals surface area contributed by atoms with Crippen LogP contribution in [0.1, 0.15) is 12.8 Å². The zero-order valence-corrected chi connectivity index (χ0v) is 11.7. The minimum atomic E-state index is -4.99. The molecule has 1 aliphatic rings. The maximum atomic E-state index is 12.6. The van der Waals surface area contributed by atoms with Crippen molar-refractivity contribution in [3.05, 3.63) is 18.3 Å². The third kappa shape index (κ3) is 2.83. The summed E-state index contributed by atoms with van der Waals surface area (Å²) in [5, 5.41) is 9.47. The smallest absolute Gasteiger partial charge is 0.323 e. The predicted molar refractivity (Wildman–Crippen MR) is 73.3 cm³/mol. The first-order valence-electron chi connectivity index (χ1n) is 6.85. The van der Waals surface area contributed by atoms with Crippen molar-refractivity contribution in [2.75, 3.05) is 11.9 Å². The fraction of sp³-hybridized carbons (Fsp3) is 0.385. The quantitative estimate of drug-likeness (QED) is 0.873. The summed E-state index contributed by atoms with van der Waals surface area (Å²) in [6.45, 7) is -0.0955. The Bertz CT molecular complexity index is 757. The molecule has 0 spiro atoms. The molecule has 23 heavy (non-hydrogen) atoms. The normalized spacial score (nSPS) is 18.4. The summed E-state index contributed by atoms with van der Waals surface area (Å²) in [6, 6.07) is 2.15. The van der Waals surface area contributed by atoms with E-state index in [0.29, 0.717) is 22.4 Å². The number of likely N-dealkylation sites (tertiary alicyclic amines) is 1. The molecular formula is C13H12F3N5O2. The number of carbonyl (C=O) groups is 2. The fourth-order valence-corrected chi connectivity index (χ4v) is 2.60. The van der Waals surface area contributed by atoms with E-state index in [0.717, 1.165) is 0 Å². The zero-order chi connectivity index (χ0) is 16.6. The number of carbonyl (C=O) groups excluding carboxylic acids is 2. The number of aromatic nitrogens is 3. The fourth-order valence-electron chi connectivity index (χ4n) is 2.60. The first kappa shape index (κ1) is 15.3. The zero-order valence-electron chi connectivity index (χ0n) is 11.7. The second-order valence-electron chi connectivity index (χ2n) is 5.12. The van der Waals surface area contributed by atoms with Gasteiger partial charge in [-0.1, -0.05) is 0 Å². The highest BCUT2D eigenvalue weighted by Crippen LogP contribution is 2.27. The van der Waals surface area contributed by atoms with Crippen molar-refractivity contribution in [1.29, 1.82) is 0 Å². The van der Waals surface area contributed by atoms with Gasteiger partial charge in [0.05, 0.1) is 5.39 Å². The first-order valence-corrected chi connectivity index (χ1v) is 6.85. The minimum absolute atomic E-state index is 0.0955. The number of fused-ring (bicyclic) bond motifs is 1. The molecule has 2 N–H and O–H groups in total. The SMILES string of the molecule is O=C(Nc1[nH]nc2ncccc12)C1CCCN1C(=O)C(F)(F)F. The molecular weight excluding hydrogens is 315 g/mol. The van der Waals surface area contributed by atoms with Gasteiger partial charge in [-0.3, -0.25) is 14.7 Å². The molecule has 0 saturated carbocycles. The van der Waals surface area contributed by atoms with Crippen LogP contribution in [0.2, 0.25) is 0 Å². The number of amides is 2. The molecule has 3 rings (SSSR count). The van der Waals surface area contributed by atoms with Crippen LogP contribution in [0.4, 0.5) is 19.0 Å². The van der Waals surface area contributed by atoms with Crippen LogP contribution in [0.3, 0.4) is 0 Å². The molecule has 0 aromatic carbocycles. The lowest BCUT2D eigenvalue weighted by Crippen LogP contribution is -2.48. The highest BCUT2D eigenvalue weighted by molar-refractivity contribution is 6.02. The molecule has 7 nitrogen and oxygen atoms in total. The van der Waals surface area contributed by atoms with Crippen molar-refractivity contribution < 1.29 is 22.8 Å². The molecule has 10 heteroatoms. The average Bonchev–Trinajstić information content (AvgIpc) is 3.13. The molecule has 1 atom stereocenters. The lowest BCUT2D eigenvalue weighted by molar-refractivity contribution is -0.186. The van der Waals surface area contributed by atoms with Crippen LogP contribution >= 0.6 is 0 Å². The number of nitrogens with one attached hydrogen (secondary N) is 2. The minimum Gasteiger partial charge on any atom is -0.323 e. The number of hydrogen-bond acceptors (Lipinski definition) is 4. The van der Waals surface area contributed by atoms with Gasteiger partial charge in [-0.25, -0.2) is 4.98 Å². The van der Waals surface area contributed by atoms with E-state index in [1.165, 1.54) is 6.20 Å². The molecule has 2 aromatic rings. The lowest BCUT2D eigenvalue weighted by Gasteiger charge is -2.24. The Morgan fingerprint density at radius 1 is 1.39 bits per heavy atom. The Kier molecular flexibility index (Phi) is 3.66. The van der Waals surface area contributed by atoms with Crippen LogP contribution in [0.15, 0.2) is 18.3 Å². The Hall–Kier alpha value is -2.65. The van der Waals surface area contributed by atoms with E-state index in [-0.39, 0.29) is 18.8 Å². The third-order valence-electron chi connectivity index (χ3n) is 3.64. The van der Waals surface area contributed by atoms with Crippen molar-refractivity contribution >= 4 is 28.7 Å². The van der Waals surface area contributed by atoms with Crippen LogP contribution in [0, 0.1) is 0 Å². The maximum Gasteiger partial charge on any atom is 0.471 e. The van der Waals surface area contributed by atoms with E-state index in [2.05, 4.69) is 20.5 Å². The largest absolute Gasteiger partial charge is 0.471 e. The Morgan fingerprint density at radius 3 is 2.91 bits per heavy atom. The van der Waals surface area contributed by atoms with Gasteiger partial charge in [-0.05, 0) is 25.0 Å². The average molecular weight is 327 g/mol. The molecule has 1 aliphatic heterocycles. The lowest BCUT2D eigenvalue weighted by atomic mass is 10.2. The van der Waals surface area contributed by atoms with E-state index in [9.17, 15) is 22.8 Å². The summed E-state index contributed by atoms with van der Waals surface area (Å²) in [4.78, 5) is 28.2. The molecule has 0 aliphatic carbocycles. The number of hydrogen-bond donors (Lipinski definition) is 2. The van der Waals surface area contributed by atoms with Gasteiger partial charge < -0.3 is 10.2 Å². The topological polar surface area (TPSA) is 91.0 Å². The van der Waals surface area contributed by atoms with Crippen molar-refractivity contribution in [2.45, 2.75) is 25.1 Å². The molecule has 1 fully saturated rings. The number of nitrogens with zero attached hydrogens (tertiary/aromatic N) is 3. The molecule has 0 bridgehead atoms.